The number of unbranched alkanes of at least 4 members (excludes halogenated alkanes) is 8. The topological polar surface area (TPSA) is 107 Å². The van der Waals surface area contributed by atoms with Gasteiger partial charge in [-0.15, -0.1) is 0 Å². The van der Waals surface area contributed by atoms with Crippen LogP contribution in [0.5, 0.6) is 0 Å². The molecule has 0 aliphatic rings. The zero-order valence-electron chi connectivity index (χ0n) is 15.1. The first-order chi connectivity index (χ1) is 11.0. The van der Waals surface area contributed by atoms with Crippen LogP contribution in [0, 0.1) is 0 Å². The van der Waals surface area contributed by atoms with E-state index in [1.54, 1.807) is 0 Å². The number of hydrogen-bond acceptors (Lipinski definition) is 4. The third-order valence-electron chi connectivity index (χ3n) is 3.77. The Labute approximate surface area is 167 Å². The van der Waals surface area contributed by atoms with E-state index in [0.29, 0.717) is 0 Å². The average Bonchev–Trinajstić information content (AvgIpc) is 2.49. The van der Waals surface area contributed by atoms with Crippen LogP contribution in [-0.4, -0.2) is 29.0 Å². The summed E-state index contributed by atoms with van der Waals surface area (Å²) in [7, 11) is 0. The second-order valence-corrected chi connectivity index (χ2v) is 5.95. The van der Waals surface area contributed by atoms with Gasteiger partial charge in [-0.3, -0.25) is 9.59 Å². The van der Waals surface area contributed by atoms with Gasteiger partial charge in [0.2, 0.25) is 5.91 Å². The molecule has 0 radical (unpaired) electrons. The van der Waals surface area contributed by atoms with E-state index >= 15 is 0 Å². The molecule has 0 fully saturated rings. The van der Waals surface area contributed by atoms with Gasteiger partial charge in [0.25, 0.3) is 0 Å². The Kier molecular flexibility index (Phi) is 18.4. The molecule has 0 rings (SSSR count). The summed E-state index contributed by atoms with van der Waals surface area (Å²) < 4.78 is 0. The molecule has 0 aromatic rings. The van der Waals surface area contributed by atoms with Crippen molar-refractivity contribution in [2.45, 2.75) is 90.0 Å². The van der Waals surface area contributed by atoms with Crippen LogP contribution in [0.4, 0.5) is 0 Å². The van der Waals surface area contributed by atoms with Gasteiger partial charge in [0.1, 0.15) is 0 Å². The van der Waals surface area contributed by atoms with Gasteiger partial charge in [0, 0.05) is 12.8 Å². The Morgan fingerprint density at radius 2 is 1.42 bits per heavy atom. The maximum atomic E-state index is 11.7. The standard InChI is InChI=1S/C17H31NO5.Na/c1-2-3-4-5-6-7-8-9-10-11-15(19)18-14(17(22)23)12-13-16(20)21;/h14H,2-13H2,1H3,(H,18,19)(H,20,21)(H,22,23);/q;+1/p-1/t14-;/m1./s1. The van der Waals surface area contributed by atoms with Crippen molar-refractivity contribution < 1.29 is 54.2 Å². The van der Waals surface area contributed by atoms with Crippen LogP contribution in [-0.2, 0) is 14.4 Å². The molecule has 0 heterocycles. The van der Waals surface area contributed by atoms with Gasteiger partial charge < -0.3 is 20.3 Å². The Morgan fingerprint density at radius 3 is 1.88 bits per heavy atom. The van der Waals surface area contributed by atoms with Crippen LogP contribution in [0.25, 0.3) is 0 Å². The zero-order valence-corrected chi connectivity index (χ0v) is 17.1. The smallest absolute Gasteiger partial charge is 0.548 e. The summed E-state index contributed by atoms with van der Waals surface area (Å²) in [5.74, 6) is -2.89. The Balaban J connectivity index is 0. The monoisotopic (exact) mass is 351 g/mol. The molecule has 0 aromatic carbocycles. The minimum atomic E-state index is -1.44. The van der Waals surface area contributed by atoms with Gasteiger partial charge in [-0.2, -0.15) is 0 Å². The quantitative estimate of drug-likeness (QED) is 0.291. The number of amides is 1. The molecule has 0 aliphatic carbocycles. The number of carboxylic acid groups (broad SMARTS) is 2. The van der Waals surface area contributed by atoms with Crippen LogP contribution < -0.4 is 40.0 Å². The molecule has 2 N–H and O–H groups in total. The minimum absolute atomic E-state index is 0. The van der Waals surface area contributed by atoms with Gasteiger partial charge in [-0.05, 0) is 12.8 Å². The zero-order chi connectivity index (χ0) is 17.5. The molecule has 6 nitrogen and oxygen atoms in total. The minimum Gasteiger partial charge on any atom is -0.548 e. The number of nitrogens with one attached hydrogen (secondary N) is 1. The molecule has 7 heteroatoms. The summed E-state index contributed by atoms with van der Waals surface area (Å²) in [6, 6.07) is -1.22. The summed E-state index contributed by atoms with van der Waals surface area (Å²) >= 11 is 0. The van der Waals surface area contributed by atoms with Gasteiger partial charge in [0.05, 0.1) is 12.0 Å². The number of carbonyl (C=O) groups is 3. The number of aliphatic carboxylic acids is 2. The largest absolute Gasteiger partial charge is 1.00 e. The van der Waals surface area contributed by atoms with E-state index in [1.807, 2.05) is 0 Å². The van der Waals surface area contributed by atoms with E-state index in [2.05, 4.69) is 12.2 Å². The predicted octanol–water partition coefficient (Wildman–Crippen LogP) is -0.989. The third kappa shape index (κ3) is 16.3. The maximum absolute atomic E-state index is 11.7. The molecule has 1 amide bonds. The van der Waals surface area contributed by atoms with Gasteiger partial charge in [0.15, 0.2) is 0 Å². The van der Waals surface area contributed by atoms with Crippen molar-refractivity contribution in [1.82, 2.24) is 5.32 Å². The average molecular weight is 351 g/mol. The first-order valence-electron chi connectivity index (χ1n) is 8.69. The predicted molar refractivity (Wildman–Crippen MR) is 85.7 cm³/mol. The van der Waals surface area contributed by atoms with Gasteiger partial charge in [-0.25, -0.2) is 0 Å². The van der Waals surface area contributed by atoms with E-state index in [4.69, 9.17) is 5.11 Å². The molecule has 1 atom stereocenters. The number of carboxylic acids is 2. The fraction of sp³-hybridized carbons (Fsp3) is 0.824. The van der Waals surface area contributed by atoms with E-state index in [0.717, 1.165) is 19.3 Å². The van der Waals surface area contributed by atoms with E-state index in [9.17, 15) is 19.5 Å². The molecule has 134 valence electrons. The van der Waals surface area contributed by atoms with Crippen molar-refractivity contribution in [3.63, 3.8) is 0 Å². The molecule has 0 saturated heterocycles. The normalized spacial score (nSPS) is 11.4. The molecular weight excluding hydrogens is 321 g/mol. The Bertz CT molecular complexity index is 363. The third-order valence-corrected chi connectivity index (χ3v) is 3.77. The van der Waals surface area contributed by atoms with Crippen LogP contribution in [0.15, 0.2) is 0 Å². The second kappa shape index (κ2) is 17.2. The second-order valence-electron chi connectivity index (χ2n) is 5.95. The summed E-state index contributed by atoms with van der Waals surface area (Å²) in [6.07, 6.45) is 10.1. The molecule has 0 aliphatic heterocycles. The van der Waals surface area contributed by atoms with Crippen LogP contribution >= 0.6 is 0 Å². The van der Waals surface area contributed by atoms with Crippen molar-refractivity contribution in [1.29, 1.82) is 0 Å². The molecule has 0 spiro atoms. The van der Waals surface area contributed by atoms with Crippen LogP contribution in [0.2, 0.25) is 0 Å². The molecule has 0 saturated carbocycles. The summed E-state index contributed by atoms with van der Waals surface area (Å²) in [4.78, 5) is 33.0. The summed E-state index contributed by atoms with van der Waals surface area (Å²) in [5, 5.41) is 21.7. The summed E-state index contributed by atoms with van der Waals surface area (Å²) in [5.41, 5.74) is 0. The molecular formula is C17H30NNaO5. The van der Waals surface area contributed by atoms with Crippen molar-refractivity contribution in [3.8, 4) is 0 Å². The number of carbonyl (C=O) groups excluding carboxylic acids is 2. The van der Waals surface area contributed by atoms with Gasteiger partial charge in [-0.1, -0.05) is 58.3 Å². The van der Waals surface area contributed by atoms with Crippen LogP contribution in [0.1, 0.15) is 84.0 Å². The molecule has 24 heavy (non-hydrogen) atoms. The maximum Gasteiger partial charge on any atom is 1.00 e. The number of rotatable bonds is 15. The van der Waals surface area contributed by atoms with Crippen LogP contribution in [0.3, 0.4) is 0 Å². The fourth-order valence-electron chi connectivity index (χ4n) is 2.38. The van der Waals surface area contributed by atoms with E-state index in [-0.39, 0.29) is 54.7 Å². The Hall–Kier alpha value is -0.590. The molecule has 0 bridgehead atoms. The first kappa shape index (κ1) is 25.6. The summed E-state index contributed by atoms with van der Waals surface area (Å²) in [6.45, 7) is 2.19. The molecule has 0 aromatic heterocycles. The SMILES string of the molecule is CCCCCCCCCCCC(=O)N[C@H](CCC(=O)O)C(=O)[O-].[Na+]. The Morgan fingerprint density at radius 1 is 0.917 bits per heavy atom. The molecule has 0 unspecified atom stereocenters. The number of hydrogen-bond donors (Lipinski definition) is 2. The van der Waals surface area contributed by atoms with Gasteiger partial charge >= 0.3 is 35.5 Å². The van der Waals surface area contributed by atoms with Crippen molar-refractivity contribution in [3.05, 3.63) is 0 Å². The van der Waals surface area contributed by atoms with Crippen molar-refractivity contribution >= 4 is 17.8 Å². The van der Waals surface area contributed by atoms with E-state index < -0.39 is 18.0 Å². The van der Waals surface area contributed by atoms with Crippen molar-refractivity contribution in [2.24, 2.45) is 0 Å². The van der Waals surface area contributed by atoms with Crippen molar-refractivity contribution in [2.75, 3.05) is 0 Å². The van der Waals surface area contributed by atoms with E-state index in [1.165, 1.54) is 38.5 Å². The fourth-order valence-corrected chi connectivity index (χ4v) is 2.38. The first-order valence-corrected chi connectivity index (χ1v) is 8.69.